The van der Waals surface area contributed by atoms with Crippen molar-refractivity contribution in [3.8, 4) is 0 Å². The van der Waals surface area contributed by atoms with Gasteiger partial charge in [0.1, 0.15) is 12.1 Å². The summed E-state index contributed by atoms with van der Waals surface area (Å²) >= 11 is 0. The first-order valence-corrected chi connectivity index (χ1v) is 5.73. The topological polar surface area (TPSA) is 84.9 Å². The number of rotatable bonds is 4. The molecule has 1 aliphatic rings. The molecule has 1 rings (SSSR count). The predicted molar refractivity (Wildman–Crippen MR) is 64.3 cm³/mol. The van der Waals surface area contributed by atoms with Crippen molar-refractivity contribution in [3.05, 3.63) is 12.7 Å². The number of hydrogen-bond acceptors (Lipinski definition) is 4. The number of carbonyl (C=O) groups excluding carboxylic acids is 1. The van der Waals surface area contributed by atoms with Crippen LogP contribution in [-0.4, -0.2) is 42.5 Å². The van der Waals surface area contributed by atoms with Crippen molar-refractivity contribution in [2.45, 2.75) is 25.8 Å². The van der Waals surface area contributed by atoms with Gasteiger partial charge in [-0.15, -0.1) is 0 Å². The number of aliphatic carboxylic acids is 1. The molecule has 1 saturated heterocycles. The SMILES string of the molecule is C=CCOC(=O)NC1(C(=O)O)CCOCC1(C)C. The second-order valence-corrected chi connectivity index (χ2v) is 4.91. The molecule has 102 valence electrons. The van der Waals surface area contributed by atoms with Gasteiger partial charge >= 0.3 is 12.1 Å². The maximum absolute atomic E-state index is 11.6. The molecule has 1 amide bonds. The molecule has 6 heteroatoms. The van der Waals surface area contributed by atoms with Gasteiger partial charge in [-0.25, -0.2) is 9.59 Å². The van der Waals surface area contributed by atoms with E-state index in [1.54, 1.807) is 13.8 Å². The molecule has 0 saturated carbocycles. The minimum atomic E-state index is -1.37. The number of carboxylic acid groups (broad SMARTS) is 1. The van der Waals surface area contributed by atoms with Crippen molar-refractivity contribution in [2.75, 3.05) is 19.8 Å². The first-order chi connectivity index (χ1) is 8.35. The van der Waals surface area contributed by atoms with Crippen LogP contribution in [0.5, 0.6) is 0 Å². The first kappa shape index (κ1) is 14.5. The van der Waals surface area contributed by atoms with Gasteiger partial charge in [0.25, 0.3) is 0 Å². The highest BCUT2D eigenvalue weighted by Crippen LogP contribution is 2.38. The fourth-order valence-corrected chi connectivity index (χ4v) is 2.04. The van der Waals surface area contributed by atoms with E-state index < -0.39 is 23.0 Å². The largest absolute Gasteiger partial charge is 0.479 e. The van der Waals surface area contributed by atoms with Crippen LogP contribution in [0, 0.1) is 5.41 Å². The van der Waals surface area contributed by atoms with E-state index in [1.165, 1.54) is 6.08 Å². The molecule has 1 aliphatic heterocycles. The number of carboxylic acids is 1. The summed E-state index contributed by atoms with van der Waals surface area (Å²) in [6, 6.07) is 0. The Morgan fingerprint density at radius 1 is 1.56 bits per heavy atom. The zero-order valence-corrected chi connectivity index (χ0v) is 10.7. The van der Waals surface area contributed by atoms with Crippen LogP contribution in [0.15, 0.2) is 12.7 Å². The van der Waals surface area contributed by atoms with Gasteiger partial charge in [0.15, 0.2) is 0 Å². The Morgan fingerprint density at radius 3 is 2.72 bits per heavy atom. The Hall–Kier alpha value is -1.56. The van der Waals surface area contributed by atoms with E-state index in [1.807, 2.05) is 0 Å². The highest BCUT2D eigenvalue weighted by atomic mass is 16.5. The zero-order valence-electron chi connectivity index (χ0n) is 10.7. The molecule has 0 aromatic heterocycles. The molecule has 0 aromatic rings. The lowest BCUT2D eigenvalue weighted by Crippen LogP contribution is -2.67. The minimum absolute atomic E-state index is 0.0401. The molecular formula is C12H19NO5. The third kappa shape index (κ3) is 2.64. The summed E-state index contributed by atoms with van der Waals surface area (Å²) < 4.78 is 10.1. The Balaban J connectivity index is 2.89. The molecule has 1 atom stereocenters. The molecule has 0 bridgehead atoms. The number of hydrogen-bond donors (Lipinski definition) is 2. The predicted octanol–water partition coefficient (Wildman–Crippen LogP) is 1.17. The van der Waals surface area contributed by atoms with Crippen molar-refractivity contribution in [1.29, 1.82) is 0 Å². The molecule has 2 N–H and O–H groups in total. The number of amides is 1. The van der Waals surface area contributed by atoms with Crippen molar-refractivity contribution < 1.29 is 24.2 Å². The van der Waals surface area contributed by atoms with Gasteiger partial charge in [-0.1, -0.05) is 26.5 Å². The molecule has 0 aliphatic carbocycles. The van der Waals surface area contributed by atoms with E-state index in [0.717, 1.165) is 0 Å². The van der Waals surface area contributed by atoms with Gasteiger partial charge in [0.2, 0.25) is 0 Å². The fraction of sp³-hybridized carbons (Fsp3) is 0.667. The van der Waals surface area contributed by atoms with Gasteiger partial charge in [0, 0.05) is 18.4 Å². The second kappa shape index (κ2) is 5.39. The lowest BCUT2D eigenvalue weighted by molar-refractivity contribution is -0.160. The summed E-state index contributed by atoms with van der Waals surface area (Å²) in [5, 5.41) is 11.9. The maximum atomic E-state index is 11.6. The summed E-state index contributed by atoms with van der Waals surface area (Å²) in [6.07, 6.45) is 0.869. The van der Waals surface area contributed by atoms with E-state index in [0.29, 0.717) is 0 Å². The molecule has 1 heterocycles. The highest BCUT2D eigenvalue weighted by molar-refractivity contribution is 5.85. The third-order valence-electron chi connectivity index (χ3n) is 3.25. The highest BCUT2D eigenvalue weighted by Gasteiger charge is 2.54. The van der Waals surface area contributed by atoms with E-state index in [2.05, 4.69) is 11.9 Å². The lowest BCUT2D eigenvalue weighted by Gasteiger charge is -2.46. The fourth-order valence-electron chi connectivity index (χ4n) is 2.04. The Labute approximate surface area is 106 Å². The van der Waals surface area contributed by atoms with Crippen molar-refractivity contribution in [3.63, 3.8) is 0 Å². The Morgan fingerprint density at radius 2 is 2.22 bits per heavy atom. The van der Waals surface area contributed by atoms with E-state index in [4.69, 9.17) is 9.47 Å². The van der Waals surface area contributed by atoms with Crippen LogP contribution in [-0.2, 0) is 14.3 Å². The standard InChI is InChI=1S/C12H19NO5/c1-4-6-18-10(16)13-12(9(14)15)5-7-17-8-11(12,2)3/h4H,1,5-8H2,2-3H3,(H,13,16)(H,14,15). The molecule has 0 spiro atoms. The smallest absolute Gasteiger partial charge is 0.408 e. The van der Waals surface area contributed by atoms with Gasteiger partial charge < -0.3 is 19.9 Å². The molecule has 18 heavy (non-hydrogen) atoms. The van der Waals surface area contributed by atoms with Crippen LogP contribution >= 0.6 is 0 Å². The van der Waals surface area contributed by atoms with Gasteiger partial charge in [-0.05, 0) is 0 Å². The summed E-state index contributed by atoms with van der Waals surface area (Å²) in [7, 11) is 0. The summed E-state index contributed by atoms with van der Waals surface area (Å²) in [5.74, 6) is -1.08. The second-order valence-electron chi connectivity index (χ2n) is 4.91. The quantitative estimate of drug-likeness (QED) is 0.738. The maximum Gasteiger partial charge on any atom is 0.408 e. The van der Waals surface area contributed by atoms with Crippen molar-refractivity contribution in [1.82, 2.24) is 5.32 Å². The monoisotopic (exact) mass is 257 g/mol. The van der Waals surface area contributed by atoms with Crippen LogP contribution in [0.1, 0.15) is 20.3 Å². The van der Waals surface area contributed by atoms with Crippen LogP contribution < -0.4 is 5.32 Å². The van der Waals surface area contributed by atoms with Crippen LogP contribution in [0.2, 0.25) is 0 Å². The van der Waals surface area contributed by atoms with E-state index >= 15 is 0 Å². The number of nitrogens with one attached hydrogen (secondary N) is 1. The third-order valence-corrected chi connectivity index (χ3v) is 3.25. The summed E-state index contributed by atoms with van der Waals surface area (Å²) in [5.41, 5.74) is -2.09. The van der Waals surface area contributed by atoms with Gasteiger partial charge in [-0.3, -0.25) is 0 Å². The molecule has 1 fully saturated rings. The van der Waals surface area contributed by atoms with Crippen LogP contribution in [0.3, 0.4) is 0 Å². The normalized spacial score (nSPS) is 26.1. The van der Waals surface area contributed by atoms with Crippen molar-refractivity contribution in [2.24, 2.45) is 5.41 Å². The molecule has 6 nitrogen and oxygen atoms in total. The lowest BCUT2D eigenvalue weighted by atomic mass is 9.69. The Bertz CT molecular complexity index is 352. The van der Waals surface area contributed by atoms with Gasteiger partial charge in [-0.2, -0.15) is 0 Å². The molecular weight excluding hydrogens is 238 g/mol. The van der Waals surface area contributed by atoms with Gasteiger partial charge in [0.05, 0.1) is 6.61 Å². The average Bonchev–Trinajstić information content (AvgIpc) is 2.28. The Kier molecular flexibility index (Phi) is 4.34. The summed E-state index contributed by atoms with van der Waals surface area (Å²) in [4.78, 5) is 23.1. The zero-order chi connectivity index (χ0) is 13.8. The minimum Gasteiger partial charge on any atom is -0.479 e. The number of carbonyl (C=O) groups is 2. The molecule has 0 aromatic carbocycles. The molecule has 1 unspecified atom stereocenters. The van der Waals surface area contributed by atoms with Crippen LogP contribution in [0.25, 0.3) is 0 Å². The van der Waals surface area contributed by atoms with E-state index in [-0.39, 0.29) is 26.2 Å². The van der Waals surface area contributed by atoms with Crippen LogP contribution in [0.4, 0.5) is 4.79 Å². The van der Waals surface area contributed by atoms with Crippen molar-refractivity contribution >= 4 is 12.1 Å². The first-order valence-electron chi connectivity index (χ1n) is 5.73. The average molecular weight is 257 g/mol. The van der Waals surface area contributed by atoms with E-state index in [9.17, 15) is 14.7 Å². The number of alkyl carbamates (subject to hydrolysis) is 1. The number of ether oxygens (including phenoxy) is 2. The molecule has 0 radical (unpaired) electrons. The summed E-state index contributed by atoms with van der Waals surface area (Å²) in [6.45, 7) is 7.50.